The summed E-state index contributed by atoms with van der Waals surface area (Å²) in [6.45, 7) is 6.66. The van der Waals surface area contributed by atoms with Gasteiger partial charge in [-0.15, -0.1) is 0 Å². The van der Waals surface area contributed by atoms with E-state index in [0.29, 0.717) is 50.2 Å². The van der Waals surface area contributed by atoms with Crippen LogP contribution in [-0.4, -0.2) is 48.3 Å². The van der Waals surface area contributed by atoms with E-state index < -0.39 is 0 Å². The molecule has 3 rings (SSSR count). The molecular formula is C20H25N3O4. The second-order valence-corrected chi connectivity index (χ2v) is 6.27. The van der Waals surface area contributed by atoms with Gasteiger partial charge < -0.3 is 24.4 Å². The van der Waals surface area contributed by atoms with Gasteiger partial charge in [-0.3, -0.25) is 0 Å². The van der Waals surface area contributed by atoms with Crippen LogP contribution in [0.4, 0.5) is 4.79 Å². The minimum Gasteiger partial charge on any atom is -0.490 e. The number of aromatic nitrogens is 1. The summed E-state index contributed by atoms with van der Waals surface area (Å²) in [6.07, 6.45) is 1.77. The Bertz CT molecular complexity index is 751. The number of carbonyl (C=O) groups is 1. The number of pyridine rings is 1. The maximum absolute atomic E-state index is 12.2. The molecule has 27 heavy (non-hydrogen) atoms. The largest absolute Gasteiger partial charge is 0.490 e. The molecule has 1 atom stereocenters. The highest BCUT2D eigenvalue weighted by Gasteiger charge is 2.20. The van der Waals surface area contributed by atoms with Crippen molar-refractivity contribution in [1.82, 2.24) is 15.2 Å². The molecule has 1 aliphatic rings. The van der Waals surface area contributed by atoms with Crippen LogP contribution in [0.5, 0.6) is 17.4 Å². The molecule has 0 bridgehead atoms. The second-order valence-electron chi connectivity index (χ2n) is 6.27. The van der Waals surface area contributed by atoms with Gasteiger partial charge in [0.2, 0.25) is 5.88 Å². The van der Waals surface area contributed by atoms with E-state index in [4.69, 9.17) is 14.2 Å². The summed E-state index contributed by atoms with van der Waals surface area (Å²) in [4.78, 5) is 18.3. The third-order valence-electron chi connectivity index (χ3n) is 4.13. The van der Waals surface area contributed by atoms with E-state index in [1.165, 1.54) is 0 Å². The minimum atomic E-state index is -0.0869. The second kappa shape index (κ2) is 9.23. The van der Waals surface area contributed by atoms with Crippen LogP contribution in [0.1, 0.15) is 19.4 Å². The first kappa shape index (κ1) is 19.0. The number of benzene rings is 1. The van der Waals surface area contributed by atoms with E-state index in [-0.39, 0.29) is 12.1 Å². The zero-order chi connectivity index (χ0) is 19.1. The molecule has 7 heteroatoms. The van der Waals surface area contributed by atoms with Crippen molar-refractivity contribution >= 4 is 6.03 Å². The fourth-order valence-corrected chi connectivity index (χ4v) is 2.79. The molecule has 2 amide bonds. The number of nitrogens with one attached hydrogen (secondary N) is 1. The number of para-hydroxylation sites is 2. The lowest BCUT2D eigenvalue weighted by Gasteiger charge is -2.31. The van der Waals surface area contributed by atoms with Crippen molar-refractivity contribution < 1.29 is 19.0 Å². The van der Waals surface area contributed by atoms with Crippen LogP contribution in [0.3, 0.4) is 0 Å². The van der Waals surface area contributed by atoms with Crippen LogP contribution in [0.15, 0.2) is 42.6 Å². The molecule has 1 N–H and O–H groups in total. The van der Waals surface area contributed by atoms with E-state index in [1.54, 1.807) is 17.2 Å². The standard InChI is InChI=1S/C20H25N3O4/c1-3-25-17-6-4-5-7-18(17)27-19-9-8-16(12-21-19)13-22-20(24)23-10-11-26-15(2)14-23/h4-9,12,15H,3,10-11,13-14H2,1-2H3,(H,22,24)/t15-/m1/s1. The zero-order valence-electron chi connectivity index (χ0n) is 15.7. The fourth-order valence-electron chi connectivity index (χ4n) is 2.79. The van der Waals surface area contributed by atoms with Gasteiger partial charge in [0.05, 0.1) is 19.3 Å². The average molecular weight is 371 g/mol. The minimum absolute atomic E-state index is 0.0714. The van der Waals surface area contributed by atoms with Crippen molar-refractivity contribution in [2.45, 2.75) is 26.5 Å². The summed E-state index contributed by atoms with van der Waals surface area (Å²) in [5, 5.41) is 2.91. The van der Waals surface area contributed by atoms with Crippen LogP contribution >= 0.6 is 0 Å². The van der Waals surface area contributed by atoms with Crippen molar-refractivity contribution in [3.63, 3.8) is 0 Å². The van der Waals surface area contributed by atoms with Gasteiger partial charge in [-0.1, -0.05) is 18.2 Å². The van der Waals surface area contributed by atoms with Crippen LogP contribution in [0.2, 0.25) is 0 Å². The first-order valence-corrected chi connectivity index (χ1v) is 9.14. The molecule has 1 saturated heterocycles. The van der Waals surface area contributed by atoms with Gasteiger partial charge >= 0.3 is 6.03 Å². The molecule has 0 radical (unpaired) electrons. The van der Waals surface area contributed by atoms with Gasteiger partial charge in [0, 0.05) is 31.9 Å². The van der Waals surface area contributed by atoms with Crippen LogP contribution < -0.4 is 14.8 Å². The molecule has 1 aliphatic heterocycles. The molecule has 1 fully saturated rings. The Balaban J connectivity index is 1.54. The average Bonchev–Trinajstić information content (AvgIpc) is 2.69. The predicted octanol–water partition coefficient (Wildman–Crippen LogP) is 3.20. The number of carbonyl (C=O) groups excluding carboxylic acids is 1. The Kier molecular flexibility index (Phi) is 6.49. The molecular weight excluding hydrogens is 346 g/mol. The lowest BCUT2D eigenvalue weighted by Crippen LogP contribution is -2.48. The Hall–Kier alpha value is -2.80. The van der Waals surface area contributed by atoms with E-state index in [9.17, 15) is 4.79 Å². The van der Waals surface area contributed by atoms with Crippen LogP contribution in [-0.2, 0) is 11.3 Å². The Labute approximate surface area is 159 Å². The summed E-state index contributed by atoms with van der Waals surface area (Å²) in [6, 6.07) is 11.0. The lowest BCUT2D eigenvalue weighted by atomic mass is 10.3. The van der Waals surface area contributed by atoms with Gasteiger partial charge in [-0.05, 0) is 31.5 Å². The SMILES string of the molecule is CCOc1ccccc1Oc1ccc(CNC(=O)N2CCO[C@H](C)C2)cn1. The van der Waals surface area contributed by atoms with Gasteiger partial charge in [-0.25, -0.2) is 9.78 Å². The fraction of sp³-hybridized carbons (Fsp3) is 0.400. The van der Waals surface area contributed by atoms with Gasteiger partial charge in [0.15, 0.2) is 11.5 Å². The molecule has 0 saturated carbocycles. The number of hydrogen-bond acceptors (Lipinski definition) is 5. The summed E-state index contributed by atoms with van der Waals surface area (Å²) in [7, 11) is 0. The maximum Gasteiger partial charge on any atom is 0.317 e. The van der Waals surface area contributed by atoms with Gasteiger partial charge in [0.1, 0.15) is 0 Å². The van der Waals surface area contributed by atoms with Crippen molar-refractivity contribution in [2.75, 3.05) is 26.3 Å². The zero-order valence-corrected chi connectivity index (χ0v) is 15.7. The van der Waals surface area contributed by atoms with E-state index in [0.717, 1.165) is 5.56 Å². The summed E-state index contributed by atoms with van der Waals surface area (Å²) in [5.41, 5.74) is 0.898. The van der Waals surface area contributed by atoms with Crippen molar-refractivity contribution in [3.05, 3.63) is 48.2 Å². The maximum atomic E-state index is 12.2. The number of morpholine rings is 1. The normalized spacial score (nSPS) is 16.7. The summed E-state index contributed by atoms with van der Waals surface area (Å²) in [5.74, 6) is 1.77. The molecule has 2 aromatic rings. The molecule has 0 aliphatic carbocycles. The molecule has 0 spiro atoms. The van der Waals surface area contributed by atoms with Crippen LogP contribution in [0.25, 0.3) is 0 Å². The van der Waals surface area contributed by atoms with Crippen molar-refractivity contribution in [1.29, 1.82) is 0 Å². The first-order chi connectivity index (χ1) is 13.2. The number of ether oxygens (including phenoxy) is 3. The highest BCUT2D eigenvalue weighted by Crippen LogP contribution is 2.30. The lowest BCUT2D eigenvalue weighted by molar-refractivity contribution is -0.00351. The third-order valence-corrected chi connectivity index (χ3v) is 4.13. The molecule has 0 unspecified atom stereocenters. The summed E-state index contributed by atoms with van der Waals surface area (Å²) < 4.78 is 16.8. The van der Waals surface area contributed by atoms with E-state index in [2.05, 4.69) is 10.3 Å². The number of hydrogen-bond donors (Lipinski definition) is 1. The molecule has 144 valence electrons. The Morgan fingerprint density at radius 1 is 1.30 bits per heavy atom. The quantitative estimate of drug-likeness (QED) is 0.844. The predicted molar refractivity (Wildman–Crippen MR) is 101 cm³/mol. The first-order valence-electron chi connectivity index (χ1n) is 9.14. The third kappa shape index (κ3) is 5.34. The smallest absolute Gasteiger partial charge is 0.317 e. The van der Waals surface area contributed by atoms with Crippen LogP contribution in [0, 0.1) is 0 Å². The van der Waals surface area contributed by atoms with Crippen molar-refractivity contribution in [2.24, 2.45) is 0 Å². The number of rotatable bonds is 6. The highest BCUT2D eigenvalue weighted by atomic mass is 16.5. The number of amides is 2. The molecule has 1 aromatic heterocycles. The molecule has 1 aromatic carbocycles. The Morgan fingerprint density at radius 2 is 2.11 bits per heavy atom. The van der Waals surface area contributed by atoms with Gasteiger partial charge in [0.25, 0.3) is 0 Å². The monoisotopic (exact) mass is 371 g/mol. The topological polar surface area (TPSA) is 72.9 Å². The highest BCUT2D eigenvalue weighted by molar-refractivity contribution is 5.74. The number of urea groups is 1. The number of nitrogens with zero attached hydrogens (tertiary/aromatic N) is 2. The molecule has 2 heterocycles. The van der Waals surface area contributed by atoms with Crippen molar-refractivity contribution in [3.8, 4) is 17.4 Å². The van der Waals surface area contributed by atoms with E-state index in [1.807, 2.05) is 44.2 Å². The Morgan fingerprint density at radius 3 is 2.81 bits per heavy atom. The van der Waals surface area contributed by atoms with E-state index >= 15 is 0 Å². The summed E-state index contributed by atoms with van der Waals surface area (Å²) >= 11 is 0. The molecule has 7 nitrogen and oxygen atoms in total. The van der Waals surface area contributed by atoms with Gasteiger partial charge in [-0.2, -0.15) is 0 Å².